The largest absolute Gasteiger partial charge is 0.378 e. The van der Waals surface area contributed by atoms with E-state index < -0.39 is 0 Å². The predicted molar refractivity (Wildman–Crippen MR) is 83.5 cm³/mol. The van der Waals surface area contributed by atoms with Crippen molar-refractivity contribution < 1.29 is 9.53 Å². The fourth-order valence-corrected chi connectivity index (χ4v) is 2.10. The van der Waals surface area contributed by atoms with Crippen LogP contribution in [-0.4, -0.2) is 50.8 Å². The predicted octanol–water partition coefficient (Wildman–Crippen LogP) is 0.800. The highest BCUT2D eigenvalue weighted by Crippen LogP contribution is 2.16. The molecule has 6 heteroatoms. The lowest BCUT2D eigenvalue weighted by Crippen LogP contribution is -2.36. The van der Waals surface area contributed by atoms with E-state index in [9.17, 15) is 4.79 Å². The average Bonchev–Trinajstić information content (AvgIpc) is 2.53. The summed E-state index contributed by atoms with van der Waals surface area (Å²) in [6.45, 7) is 3.51. The van der Waals surface area contributed by atoms with Gasteiger partial charge in [0.1, 0.15) is 0 Å². The Bertz CT molecular complexity index is 470. The molecule has 108 valence electrons. The number of rotatable bonds is 4. The van der Waals surface area contributed by atoms with E-state index in [4.69, 9.17) is 17.0 Å². The zero-order valence-electron chi connectivity index (χ0n) is 11.5. The van der Waals surface area contributed by atoms with Crippen LogP contribution in [0.1, 0.15) is 10.4 Å². The van der Waals surface area contributed by atoms with Crippen LogP contribution in [0.15, 0.2) is 24.3 Å². The minimum Gasteiger partial charge on any atom is -0.378 e. The van der Waals surface area contributed by atoms with Crippen molar-refractivity contribution in [2.24, 2.45) is 0 Å². The van der Waals surface area contributed by atoms with E-state index in [-0.39, 0.29) is 12.3 Å². The molecule has 1 fully saturated rings. The first-order valence-corrected chi connectivity index (χ1v) is 7.03. The fourth-order valence-electron chi connectivity index (χ4n) is 2.03. The first kappa shape index (κ1) is 14.7. The van der Waals surface area contributed by atoms with Crippen molar-refractivity contribution in [2.75, 3.05) is 44.8 Å². The van der Waals surface area contributed by atoms with E-state index in [0.29, 0.717) is 10.7 Å². The van der Waals surface area contributed by atoms with Crippen LogP contribution in [0.4, 0.5) is 5.69 Å². The van der Waals surface area contributed by atoms with Gasteiger partial charge in [-0.2, -0.15) is 0 Å². The second-order valence-corrected chi connectivity index (χ2v) is 4.91. The Morgan fingerprint density at radius 3 is 2.55 bits per heavy atom. The summed E-state index contributed by atoms with van der Waals surface area (Å²) in [4.78, 5) is 14.2. The number of nitrogens with one attached hydrogen (secondary N) is 2. The third kappa shape index (κ3) is 3.91. The molecule has 1 aliphatic rings. The number of hydrogen-bond donors (Lipinski definition) is 2. The van der Waals surface area contributed by atoms with Crippen molar-refractivity contribution in [3.8, 4) is 0 Å². The summed E-state index contributed by atoms with van der Waals surface area (Å²) >= 11 is 4.94. The van der Waals surface area contributed by atoms with Crippen LogP contribution in [0.5, 0.6) is 0 Å². The Morgan fingerprint density at radius 1 is 1.30 bits per heavy atom. The molecule has 1 aromatic rings. The number of benzene rings is 1. The minimum atomic E-state index is 0.0242. The van der Waals surface area contributed by atoms with Gasteiger partial charge in [-0.15, -0.1) is 0 Å². The first-order valence-electron chi connectivity index (χ1n) is 6.62. The number of morpholine rings is 1. The SMILES string of the molecule is CNC(=S)NCC(=O)c1ccc(N2CCOCC2)cc1. The molecule has 1 aromatic carbocycles. The van der Waals surface area contributed by atoms with Crippen LogP contribution in [-0.2, 0) is 4.74 Å². The molecular weight excluding hydrogens is 274 g/mol. The maximum Gasteiger partial charge on any atom is 0.181 e. The highest BCUT2D eigenvalue weighted by molar-refractivity contribution is 7.80. The lowest BCUT2D eigenvalue weighted by molar-refractivity contribution is 0.0996. The summed E-state index contributed by atoms with van der Waals surface area (Å²) in [5.41, 5.74) is 1.82. The monoisotopic (exact) mass is 293 g/mol. The molecule has 2 rings (SSSR count). The molecule has 0 radical (unpaired) electrons. The Morgan fingerprint density at radius 2 is 1.95 bits per heavy atom. The number of thiocarbonyl (C=S) groups is 1. The number of carbonyl (C=O) groups is 1. The first-order chi connectivity index (χ1) is 9.70. The van der Waals surface area contributed by atoms with E-state index >= 15 is 0 Å². The molecule has 0 atom stereocenters. The second-order valence-electron chi connectivity index (χ2n) is 4.50. The standard InChI is InChI=1S/C14H19N3O2S/c1-15-14(20)16-10-13(18)11-2-4-12(5-3-11)17-6-8-19-9-7-17/h2-5H,6-10H2,1H3,(H2,15,16,20). The summed E-state index contributed by atoms with van der Waals surface area (Å²) in [6, 6.07) is 7.68. The number of anilines is 1. The van der Waals surface area contributed by atoms with Gasteiger partial charge >= 0.3 is 0 Å². The summed E-state index contributed by atoms with van der Waals surface area (Å²) in [5.74, 6) is 0.0242. The molecular formula is C14H19N3O2S. The Kier molecular flexibility index (Phi) is 5.31. The number of carbonyl (C=O) groups excluding carboxylic acids is 1. The van der Waals surface area contributed by atoms with Gasteiger partial charge in [-0.05, 0) is 36.5 Å². The lowest BCUT2D eigenvalue weighted by atomic mass is 10.1. The van der Waals surface area contributed by atoms with Gasteiger partial charge in [0.05, 0.1) is 19.8 Å². The molecule has 20 heavy (non-hydrogen) atoms. The Hall–Kier alpha value is -1.66. The molecule has 0 unspecified atom stereocenters. The van der Waals surface area contributed by atoms with Crippen LogP contribution in [0.3, 0.4) is 0 Å². The number of ketones is 1. The van der Waals surface area contributed by atoms with E-state index in [0.717, 1.165) is 32.0 Å². The molecule has 0 amide bonds. The molecule has 1 heterocycles. The molecule has 1 saturated heterocycles. The minimum absolute atomic E-state index is 0.0242. The molecule has 1 aliphatic heterocycles. The summed E-state index contributed by atoms with van der Waals surface area (Å²) in [6.07, 6.45) is 0. The molecule has 0 spiro atoms. The van der Waals surface area contributed by atoms with Crippen molar-refractivity contribution in [2.45, 2.75) is 0 Å². The topological polar surface area (TPSA) is 53.6 Å². The van der Waals surface area contributed by atoms with Crippen molar-refractivity contribution in [3.63, 3.8) is 0 Å². The second kappa shape index (κ2) is 7.21. The van der Waals surface area contributed by atoms with Gasteiger partial charge in [0, 0.05) is 31.4 Å². The summed E-state index contributed by atoms with van der Waals surface area (Å²) < 4.78 is 5.33. The maximum atomic E-state index is 12.0. The molecule has 5 nitrogen and oxygen atoms in total. The zero-order chi connectivity index (χ0) is 14.4. The summed E-state index contributed by atoms with van der Waals surface area (Å²) in [5, 5.41) is 6.10. The van der Waals surface area contributed by atoms with Crippen molar-refractivity contribution in [1.82, 2.24) is 10.6 Å². The third-order valence-corrected chi connectivity index (χ3v) is 3.55. The van der Waals surface area contributed by atoms with Gasteiger partial charge in [-0.3, -0.25) is 4.79 Å². The normalized spacial score (nSPS) is 14.8. The highest BCUT2D eigenvalue weighted by Gasteiger charge is 2.12. The quantitative estimate of drug-likeness (QED) is 0.633. The number of nitrogens with zero attached hydrogens (tertiary/aromatic N) is 1. The smallest absolute Gasteiger partial charge is 0.181 e. The molecule has 0 aromatic heterocycles. The van der Waals surface area contributed by atoms with Crippen molar-refractivity contribution in [1.29, 1.82) is 0 Å². The van der Waals surface area contributed by atoms with E-state index in [1.807, 2.05) is 24.3 Å². The fraction of sp³-hybridized carbons (Fsp3) is 0.429. The number of ether oxygens (including phenoxy) is 1. The third-order valence-electron chi connectivity index (χ3n) is 3.20. The molecule has 0 saturated carbocycles. The molecule has 2 N–H and O–H groups in total. The van der Waals surface area contributed by atoms with Gasteiger partial charge in [0.15, 0.2) is 10.9 Å². The highest BCUT2D eigenvalue weighted by atomic mass is 32.1. The van der Waals surface area contributed by atoms with Crippen molar-refractivity contribution in [3.05, 3.63) is 29.8 Å². The number of Topliss-reactive ketones (excluding diaryl/α,β-unsaturated/α-hetero) is 1. The van der Waals surface area contributed by atoms with Gasteiger partial charge in [-0.1, -0.05) is 0 Å². The lowest BCUT2D eigenvalue weighted by Gasteiger charge is -2.28. The molecule has 0 bridgehead atoms. The average molecular weight is 293 g/mol. The van der Waals surface area contributed by atoms with Crippen LogP contribution >= 0.6 is 12.2 Å². The van der Waals surface area contributed by atoms with Crippen LogP contribution in [0.25, 0.3) is 0 Å². The van der Waals surface area contributed by atoms with Crippen molar-refractivity contribution >= 4 is 28.8 Å². The maximum absolute atomic E-state index is 12.0. The Labute approximate surface area is 124 Å². The van der Waals surface area contributed by atoms with Crippen LogP contribution in [0, 0.1) is 0 Å². The van der Waals surface area contributed by atoms with Gasteiger partial charge in [0.2, 0.25) is 0 Å². The Balaban J connectivity index is 1.93. The van der Waals surface area contributed by atoms with Gasteiger partial charge in [-0.25, -0.2) is 0 Å². The van der Waals surface area contributed by atoms with Crippen LogP contribution < -0.4 is 15.5 Å². The molecule has 0 aliphatic carbocycles. The van der Waals surface area contributed by atoms with Gasteiger partial charge < -0.3 is 20.3 Å². The summed E-state index contributed by atoms with van der Waals surface area (Å²) in [7, 11) is 1.72. The van der Waals surface area contributed by atoms with E-state index in [1.165, 1.54) is 0 Å². The zero-order valence-corrected chi connectivity index (χ0v) is 12.3. The number of hydrogen-bond acceptors (Lipinski definition) is 4. The van der Waals surface area contributed by atoms with E-state index in [2.05, 4.69) is 15.5 Å². The van der Waals surface area contributed by atoms with Crippen LogP contribution in [0.2, 0.25) is 0 Å². The van der Waals surface area contributed by atoms with Gasteiger partial charge in [0.25, 0.3) is 0 Å². The van der Waals surface area contributed by atoms with E-state index in [1.54, 1.807) is 7.05 Å².